The molecule has 1 aromatic rings. The Bertz CT molecular complexity index is 776. The van der Waals surface area contributed by atoms with E-state index in [9.17, 15) is 4.79 Å². The molecule has 5 aliphatic rings. The van der Waals surface area contributed by atoms with Gasteiger partial charge in [-0.3, -0.25) is 9.78 Å². The monoisotopic (exact) mass is 402 g/mol. The third-order valence-corrected chi connectivity index (χ3v) is 7.66. The maximum Gasteiger partial charge on any atom is 0.269 e. The summed E-state index contributed by atoms with van der Waals surface area (Å²) in [6.45, 7) is 6.85. The van der Waals surface area contributed by atoms with Gasteiger partial charge in [0, 0.05) is 25.1 Å². The van der Waals surface area contributed by atoms with Gasteiger partial charge in [-0.15, -0.1) is 0 Å². The Labute approximate surface area is 171 Å². The number of carbonyl (C=O) groups is 1. The topological polar surface area (TPSA) is 78.9 Å². The van der Waals surface area contributed by atoms with Crippen LogP contribution in [0.15, 0.2) is 24.4 Å². The summed E-state index contributed by atoms with van der Waals surface area (Å²) >= 11 is 0. The first-order chi connectivity index (χ1) is 13.9. The lowest BCUT2D eigenvalue weighted by atomic mass is 9.57. The van der Waals surface area contributed by atoms with E-state index in [1.165, 1.54) is 6.42 Å². The lowest BCUT2D eigenvalue weighted by molar-refractivity contribution is -0.570. The zero-order valence-corrected chi connectivity index (χ0v) is 17.3. The molecular weight excluding hydrogens is 372 g/mol. The highest BCUT2D eigenvalue weighted by molar-refractivity contribution is 5.92. The predicted octanol–water partition coefficient (Wildman–Crippen LogP) is 3.06. The van der Waals surface area contributed by atoms with Crippen molar-refractivity contribution in [2.45, 2.75) is 70.2 Å². The number of nitrogens with one attached hydrogen (secondary N) is 1. The van der Waals surface area contributed by atoms with Gasteiger partial charge in [-0.1, -0.05) is 19.9 Å². The van der Waals surface area contributed by atoms with E-state index in [1.54, 1.807) is 18.3 Å². The molecule has 1 saturated carbocycles. The van der Waals surface area contributed by atoms with Crippen molar-refractivity contribution < 1.29 is 24.0 Å². The first kappa shape index (κ1) is 19.4. The van der Waals surface area contributed by atoms with Crippen LogP contribution >= 0.6 is 0 Å². The lowest BCUT2D eigenvalue weighted by Crippen LogP contribution is -2.71. The molecule has 6 rings (SSSR count). The summed E-state index contributed by atoms with van der Waals surface area (Å²) in [5.41, 5.74) is -0.151. The van der Waals surface area contributed by atoms with Crippen LogP contribution in [0.2, 0.25) is 0 Å². The van der Waals surface area contributed by atoms with Gasteiger partial charge in [-0.05, 0) is 56.1 Å². The normalized spacial score (nSPS) is 45.9. The maximum atomic E-state index is 12.5. The first-order valence-electron chi connectivity index (χ1n) is 10.8. The summed E-state index contributed by atoms with van der Waals surface area (Å²) in [6.07, 6.45) is 5.02. The number of hydrogen-bond acceptors (Lipinski definition) is 6. The summed E-state index contributed by atoms with van der Waals surface area (Å²) in [5, 5.41) is 2.99. The SMILES string of the molecule is C[C@H]1[C@@H](CNC(=O)c2ccccn2)O[C@@H]2O[C@@]3(C)CC[C@H]4[C@H](C)CC[C@@H]1[C@@]24OO3. The van der Waals surface area contributed by atoms with E-state index >= 15 is 0 Å². The van der Waals surface area contributed by atoms with Crippen molar-refractivity contribution in [1.82, 2.24) is 10.3 Å². The molecule has 2 bridgehead atoms. The maximum absolute atomic E-state index is 12.5. The molecule has 7 nitrogen and oxygen atoms in total. The minimum absolute atomic E-state index is 0.149. The van der Waals surface area contributed by atoms with E-state index < -0.39 is 17.7 Å². The molecule has 8 atom stereocenters. The highest BCUT2D eigenvalue weighted by Crippen LogP contribution is 2.60. The number of ether oxygens (including phenoxy) is 2. The summed E-state index contributed by atoms with van der Waals surface area (Å²) in [5.74, 6) is 0.396. The van der Waals surface area contributed by atoms with Crippen molar-refractivity contribution in [2.75, 3.05) is 6.54 Å². The van der Waals surface area contributed by atoms with Gasteiger partial charge in [0.15, 0.2) is 11.9 Å². The number of amides is 1. The van der Waals surface area contributed by atoms with Gasteiger partial charge in [0.1, 0.15) is 5.69 Å². The summed E-state index contributed by atoms with van der Waals surface area (Å²) < 4.78 is 12.8. The van der Waals surface area contributed by atoms with E-state index in [0.717, 1.165) is 19.3 Å². The molecule has 4 aliphatic heterocycles. The molecule has 1 aromatic heterocycles. The molecular formula is C22H30N2O5. The number of fused-ring (bicyclic) bond motifs is 2. The Morgan fingerprint density at radius 1 is 1.21 bits per heavy atom. The van der Waals surface area contributed by atoms with Crippen molar-refractivity contribution in [3.63, 3.8) is 0 Å². The van der Waals surface area contributed by atoms with Crippen LogP contribution in [0, 0.1) is 23.7 Å². The number of nitrogens with zero attached hydrogens (tertiary/aromatic N) is 1. The Morgan fingerprint density at radius 3 is 2.86 bits per heavy atom. The van der Waals surface area contributed by atoms with Crippen LogP contribution in [0.5, 0.6) is 0 Å². The Hall–Kier alpha value is -1.54. The van der Waals surface area contributed by atoms with Crippen LogP contribution in [0.1, 0.15) is 56.9 Å². The second-order valence-corrected chi connectivity index (χ2v) is 9.37. The van der Waals surface area contributed by atoms with Gasteiger partial charge in [0.25, 0.3) is 5.91 Å². The molecule has 4 saturated heterocycles. The molecule has 29 heavy (non-hydrogen) atoms. The summed E-state index contributed by atoms with van der Waals surface area (Å²) in [7, 11) is 0. The van der Waals surface area contributed by atoms with Gasteiger partial charge >= 0.3 is 0 Å². The molecule has 1 spiro atoms. The number of hydrogen-bond donors (Lipinski definition) is 1. The molecule has 0 unspecified atom stereocenters. The largest absolute Gasteiger partial charge is 0.348 e. The third-order valence-electron chi connectivity index (χ3n) is 7.66. The van der Waals surface area contributed by atoms with Crippen LogP contribution in [-0.2, 0) is 19.2 Å². The third kappa shape index (κ3) is 3.02. The highest BCUT2D eigenvalue weighted by Gasteiger charge is 2.69. The van der Waals surface area contributed by atoms with Gasteiger partial charge in [-0.25, -0.2) is 9.78 Å². The molecule has 1 N–H and O–H groups in total. The zero-order chi connectivity index (χ0) is 20.2. The number of rotatable bonds is 3. The molecule has 1 amide bonds. The van der Waals surface area contributed by atoms with Crippen LogP contribution in [0.25, 0.3) is 0 Å². The second-order valence-electron chi connectivity index (χ2n) is 9.37. The van der Waals surface area contributed by atoms with Crippen LogP contribution < -0.4 is 5.32 Å². The summed E-state index contributed by atoms with van der Waals surface area (Å²) in [4.78, 5) is 28.6. The number of aromatic nitrogens is 1. The van der Waals surface area contributed by atoms with Crippen molar-refractivity contribution in [1.29, 1.82) is 0 Å². The molecule has 158 valence electrons. The van der Waals surface area contributed by atoms with Gasteiger partial charge in [0.05, 0.1) is 6.10 Å². The minimum Gasteiger partial charge on any atom is -0.348 e. The fraction of sp³-hybridized carbons (Fsp3) is 0.727. The lowest BCUT2D eigenvalue weighted by Gasteiger charge is -2.60. The average molecular weight is 402 g/mol. The quantitative estimate of drug-likeness (QED) is 0.783. The van der Waals surface area contributed by atoms with Crippen LogP contribution in [0.3, 0.4) is 0 Å². The predicted molar refractivity (Wildman–Crippen MR) is 103 cm³/mol. The molecule has 0 aromatic carbocycles. The van der Waals surface area contributed by atoms with Crippen molar-refractivity contribution in [3.05, 3.63) is 30.1 Å². The molecule has 7 heteroatoms. The van der Waals surface area contributed by atoms with Crippen molar-refractivity contribution in [3.8, 4) is 0 Å². The molecule has 5 heterocycles. The second kappa shape index (κ2) is 7.01. The van der Waals surface area contributed by atoms with E-state index in [2.05, 4.69) is 24.1 Å². The zero-order valence-electron chi connectivity index (χ0n) is 17.3. The Kier molecular flexibility index (Phi) is 4.70. The fourth-order valence-electron chi connectivity index (χ4n) is 5.99. The number of pyridine rings is 1. The van der Waals surface area contributed by atoms with E-state index in [-0.39, 0.29) is 23.8 Å². The highest BCUT2D eigenvalue weighted by atomic mass is 17.3. The van der Waals surface area contributed by atoms with E-state index in [1.807, 2.05) is 13.0 Å². The molecule has 5 fully saturated rings. The smallest absolute Gasteiger partial charge is 0.269 e. The minimum atomic E-state index is -0.778. The van der Waals surface area contributed by atoms with Crippen molar-refractivity contribution in [2.24, 2.45) is 23.7 Å². The standard InChI is InChI=1S/C22H30N2O5/c1-13-7-8-16-14(2)18(12-24-19(25)17-6-4-5-11-23-17)26-20-22(16)15(13)9-10-21(3,27-20)28-29-22/h4-6,11,13-16,18,20H,7-10,12H2,1-3H3,(H,24,25)/t13-,14-,15+,16+,18-,20-,21-,22-/m1/s1. The van der Waals surface area contributed by atoms with Gasteiger partial charge < -0.3 is 14.8 Å². The van der Waals surface area contributed by atoms with Gasteiger partial charge in [-0.2, -0.15) is 0 Å². The summed E-state index contributed by atoms with van der Waals surface area (Å²) in [6, 6.07) is 5.31. The van der Waals surface area contributed by atoms with Crippen LogP contribution in [0.4, 0.5) is 0 Å². The average Bonchev–Trinajstić information content (AvgIpc) is 2.96. The van der Waals surface area contributed by atoms with E-state index in [4.69, 9.17) is 19.2 Å². The number of carbonyl (C=O) groups excluding carboxylic acids is 1. The van der Waals surface area contributed by atoms with E-state index in [0.29, 0.717) is 24.1 Å². The molecule has 0 radical (unpaired) electrons. The molecule has 1 aliphatic carbocycles. The Balaban J connectivity index is 1.38. The van der Waals surface area contributed by atoms with Gasteiger partial charge in [0.2, 0.25) is 5.79 Å². The van der Waals surface area contributed by atoms with Crippen LogP contribution in [-0.4, -0.2) is 41.2 Å². The fourth-order valence-corrected chi connectivity index (χ4v) is 5.99. The van der Waals surface area contributed by atoms with Crippen molar-refractivity contribution >= 4 is 5.91 Å². The first-order valence-corrected chi connectivity index (χ1v) is 10.8. The Morgan fingerprint density at radius 2 is 2.07 bits per heavy atom.